The standard InChI is InChI=1S/C11H12N4O/c12-10-9-1-2-15(11(9)14-6-13-10)4-7-3-8(7)5-16/h1-2,4,6,8,16H,3,5H2,(H2,12,13,14)/b7-4-. The van der Waals surface area contributed by atoms with Crippen molar-refractivity contribution in [1.29, 1.82) is 0 Å². The summed E-state index contributed by atoms with van der Waals surface area (Å²) in [6.07, 6.45) is 6.35. The maximum Gasteiger partial charge on any atom is 0.149 e. The molecule has 1 aliphatic rings. The fourth-order valence-electron chi connectivity index (χ4n) is 1.84. The van der Waals surface area contributed by atoms with Crippen LogP contribution in [0, 0.1) is 5.92 Å². The summed E-state index contributed by atoms with van der Waals surface area (Å²) in [5.74, 6) is 0.827. The SMILES string of the molecule is Nc1ncnc2c1ccn2/C=C1/CC1CO. The number of aromatic nitrogens is 3. The molecule has 2 aromatic heterocycles. The molecule has 5 heteroatoms. The smallest absolute Gasteiger partial charge is 0.149 e. The van der Waals surface area contributed by atoms with Crippen LogP contribution in [0.2, 0.25) is 0 Å². The molecule has 2 heterocycles. The van der Waals surface area contributed by atoms with E-state index in [1.54, 1.807) is 0 Å². The highest BCUT2D eigenvalue weighted by atomic mass is 16.3. The van der Waals surface area contributed by atoms with Crippen LogP contribution >= 0.6 is 0 Å². The zero-order chi connectivity index (χ0) is 11.1. The number of hydrogen-bond donors (Lipinski definition) is 2. The van der Waals surface area contributed by atoms with Crippen LogP contribution in [-0.4, -0.2) is 26.2 Å². The van der Waals surface area contributed by atoms with Crippen molar-refractivity contribution < 1.29 is 5.11 Å². The van der Waals surface area contributed by atoms with Gasteiger partial charge in [0.15, 0.2) is 0 Å². The van der Waals surface area contributed by atoms with Crippen LogP contribution in [-0.2, 0) is 0 Å². The summed E-state index contributed by atoms with van der Waals surface area (Å²) >= 11 is 0. The molecular weight excluding hydrogens is 204 g/mol. The average Bonchev–Trinajstić information content (AvgIpc) is 2.91. The highest BCUT2D eigenvalue weighted by Gasteiger charge is 2.28. The summed E-state index contributed by atoms with van der Waals surface area (Å²) in [4.78, 5) is 8.14. The van der Waals surface area contributed by atoms with Crippen molar-refractivity contribution in [2.24, 2.45) is 5.92 Å². The zero-order valence-corrected chi connectivity index (χ0v) is 8.67. The van der Waals surface area contributed by atoms with Gasteiger partial charge in [-0.1, -0.05) is 0 Å². The normalized spacial score (nSPS) is 21.8. The maximum absolute atomic E-state index is 8.97. The maximum atomic E-state index is 8.97. The van der Waals surface area contributed by atoms with E-state index in [0.717, 1.165) is 17.5 Å². The lowest BCUT2D eigenvalue weighted by molar-refractivity contribution is 0.281. The van der Waals surface area contributed by atoms with Gasteiger partial charge in [-0.25, -0.2) is 9.97 Å². The van der Waals surface area contributed by atoms with E-state index in [1.807, 2.05) is 23.0 Å². The Bertz CT molecular complexity index is 572. The molecule has 0 amide bonds. The molecule has 1 saturated carbocycles. The minimum Gasteiger partial charge on any atom is -0.396 e. The molecule has 0 radical (unpaired) electrons. The van der Waals surface area contributed by atoms with Gasteiger partial charge in [0.05, 0.1) is 5.39 Å². The fraction of sp³-hybridized carbons (Fsp3) is 0.273. The van der Waals surface area contributed by atoms with E-state index >= 15 is 0 Å². The molecule has 3 rings (SSSR count). The van der Waals surface area contributed by atoms with Crippen LogP contribution in [0.1, 0.15) is 6.42 Å². The third-order valence-electron chi connectivity index (χ3n) is 2.91. The molecule has 1 unspecified atom stereocenters. The second-order valence-electron chi connectivity index (χ2n) is 4.01. The number of nitrogens with two attached hydrogens (primary N) is 1. The van der Waals surface area contributed by atoms with Crippen LogP contribution in [0.3, 0.4) is 0 Å². The fourth-order valence-corrected chi connectivity index (χ4v) is 1.84. The lowest BCUT2D eigenvalue weighted by Gasteiger charge is -1.97. The van der Waals surface area contributed by atoms with E-state index in [4.69, 9.17) is 10.8 Å². The molecule has 0 aliphatic heterocycles. The molecule has 3 N–H and O–H groups in total. The van der Waals surface area contributed by atoms with Crippen LogP contribution < -0.4 is 5.73 Å². The van der Waals surface area contributed by atoms with Gasteiger partial charge in [0.1, 0.15) is 17.8 Å². The van der Waals surface area contributed by atoms with E-state index in [2.05, 4.69) is 9.97 Å². The van der Waals surface area contributed by atoms with E-state index in [-0.39, 0.29) is 6.61 Å². The zero-order valence-electron chi connectivity index (χ0n) is 8.67. The molecule has 2 aromatic rings. The van der Waals surface area contributed by atoms with Crippen molar-refractivity contribution in [2.45, 2.75) is 6.42 Å². The molecule has 16 heavy (non-hydrogen) atoms. The van der Waals surface area contributed by atoms with Crippen molar-refractivity contribution in [3.8, 4) is 0 Å². The molecule has 1 aliphatic carbocycles. The number of nitrogens with zero attached hydrogens (tertiary/aromatic N) is 3. The quantitative estimate of drug-likeness (QED) is 0.780. The number of anilines is 1. The first-order valence-corrected chi connectivity index (χ1v) is 5.18. The number of nitrogen functional groups attached to an aromatic ring is 1. The Morgan fingerprint density at radius 2 is 2.44 bits per heavy atom. The minimum atomic E-state index is 0.224. The Hall–Kier alpha value is -1.88. The first-order chi connectivity index (χ1) is 7.79. The van der Waals surface area contributed by atoms with Crippen molar-refractivity contribution in [3.05, 3.63) is 24.2 Å². The molecular formula is C11H12N4O. The Labute approximate surface area is 92.2 Å². The summed E-state index contributed by atoms with van der Waals surface area (Å²) in [6, 6.07) is 1.90. The topological polar surface area (TPSA) is 77.0 Å². The van der Waals surface area contributed by atoms with Gasteiger partial charge in [-0.05, 0) is 18.1 Å². The van der Waals surface area contributed by atoms with E-state index < -0.39 is 0 Å². The predicted molar refractivity (Wildman–Crippen MR) is 61.4 cm³/mol. The number of fused-ring (bicyclic) bond motifs is 1. The van der Waals surface area contributed by atoms with E-state index in [9.17, 15) is 0 Å². The minimum absolute atomic E-state index is 0.224. The second kappa shape index (κ2) is 3.31. The largest absolute Gasteiger partial charge is 0.396 e. The van der Waals surface area contributed by atoms with Crippen molar-refractivity contribution in [3.63, 3.8) is 0 Å². The number of aliphatic hydroxyl groups excluding tert-OH is 1. The van der Waals surface area contributed by atoms with Gasteiger partial charge in [0.2, 0.25) is 0 Å². The summed E-state index contributed by atoms with van der Waals surface area (Å²) < 4.78 is 1.93. The Morgan fingerprint density at radius 1 is 1.56 bits per heavy atom. The molecule has 82 valence electrons. The van der Waals surface area contributed by atoms with E-state index in [1.165, 1.54) is 11.9 Å². The summed E-state index contributed by atoms with van der Waals surface area (Å²) in [5, 5.41) is 9.83. The lowest BCUT2D eigenvalue weighted by Crippen LogP contribution is -1.93. The summed E-state index contributed by atoms with van der Waals surface area (Å²) in [6.45, 7) is 0.224. The van der Waals surface area contributed by atoms with Crippen LogP contribution in [0.25, 0.3) is 17.2 Å². The highest BCUT2D eigenvalue weighted by Crippen LogP contribution is 2.37. The number of aliphatic hydroxyl groups is 1. The number of hydrogen-bond acceptors (Lipinski definition) is 4. The van der Waals surface area contributed by atoms with Gasteiger partial charge in [-0.3, -0.25) is 0 Å². The molecule has 1 fully saturated rings. The van der Waals surface area contributed by atoms with Gasteiger partial charge < -0.3 is 15.4 Å². The average molecular weight is 216 g/mol. The first kappa shape index (κ1) is 9.35. The molecule has 1 atom stereocenters. The van der Waals surface area contributed by atoms with Gasteiger partial charge in [-0.2, -0.15) is 0 Å². The van der Waals surface area contributed by atoms with Crippen molar-refractivity contribution in [1.82, 2.24) is 14.5 Å². The second-order valence-corrected chi connectivity index (χ2v) is 4.01. The van der Waals surface area contributed by atoms with Crippen LogP contribution in [0.5, 0.6) is 0 Å². The van der Waals surface area contributed by atoms with Crippen LogP contribution in [0.15, 0.2) is 24.2 Å². The third-order valence-corrected chi connectivity index (χ3v) is 2.91. The highest BCUT2D eigenvalue weighted by molar-refractivity contribution is 5.87. The third kappa shape index (κ3) is 1.37. The lowest BCUT2D eigenvalue weighted by atomic mass is 10.4. The monoisotopic (exact) mass is 216 g/mol. The first-order valence-electron chi connectivity index (χ1n) is 5.18. The molecule has 0 spiro atoms. The van der Waals surface area contributed by atoms with Gasteiger partial charge in [-0.15, -0.1) is 0 Å². The predicted octanol–water partition coefficient (Wildman–Crippen LogP) is 0.867. The van der Waals surface area contributed by atoms with Crippen molar-refractivity contribution >= 4 is 23.1 Å². The molecule has 0 bridgehead atoms. The van der Waals surface area contributed by atoms with Gasteiger partial charge in [0, 0.05) is 24.9 Å². The van der Waals surface area contributed by atoms with Crippen molar-refractivity contribution in [2.75, 3.05) is 12.3 Å². The summed E-state index contributed by atoms with van der Waals surface area (Å²) in [7, 11) is 0. The number of rotatable bonds is 2. The van der Waals surface area contributed by atoms with Crippen LogP contribution in [0.4, 0.5) is 5.82 Å². The molecule has 0 saturated heterocycles. The van der Waals surface area contributed by atoms with Gasteiger partial charge in [0.25, 0.3) is 0 Å². The Kier molecular flexibility index (Phi) is 1.94. The Morgan fingerprint density at radius 3 is 3.19 bits per heavy atom. The van der Waals surface area contributed by atoms with E-state index in [0.29, 0.717) is 11.7 Å². The molecule has 5 nitrogen and oxygen atoms in total. The van der Waals surface area contributed by atoms with Gasteiger partial charge >= 0.3 is 0 Å². The molecule has 0 aromatic carbocycles. The Balaban J connectivity index is 2.06. The summed E-state index contributed by atoms with van der Waals surface area (Å²) in [5.41, 5.74) is 7.80.